The van der Waals surface area contributed by atoms with Crippen LogP contribution in [-0.2, 0) is 28.5 Å². The Morgan fingerprint density at radius 1 is 1.24 bits per heavy atom. The Morgan fingerprint density at radius 2 is 2.00 bits per heavy atom. The van der Waals surface area contributed by atoms with Gasteiger partial charge in [-0.15, -0.1) is 0 Å². The monoisotopic (exact) mass is 586 g/mol. The van der Waals surface area contributed by atoms with Crippen LogP contribution in [0.1, 0.15) is 46.4 Å². The van der Waals surface area contributed by atoms with Gasteiger partial charge in [0.25, 0.3) is 11.8 Å². The maximum absolute atomic E-state index is 14.4. The predicted octanol–water partition coefficient (Wildman–Crippen LogP) is 5.72. The topological polar surface area (TPSA) is 77.9 Å². The minimum absolute atomic E-state index is 0.0606. The van der Waals surface area contributed by atoms with Gasteiger partial charge in [-0.2, -0.15) is 5.10 Å². The summed E-state index contributed by atoms with van der Waals surface area (Å²) in [5.41, 5.74) is 3.09. The van der Waals surface area contributed by atoms with E-state index >= 15 is 0 Å². The molecule has 1 fully saturated rings. The molecule has 2 aromatic carbocycles. The SMILES string of the molecule is COc1c(N2CCOCC2)cc(C(=O)N[C@H](C)c2cccc3c2CCC3(F)F)c2nn(COCC[Si](C)(C)C)cc12. The molecule has 3 aromatic rings. The van der Waals surface area contributed by atoms with E-state index in [1.54, 1.807) is 17.9 Å². The Balaban J connectivity index is 1.48. The lowest BCUT2D eigenvalue weighted by Crippen LogP contribution is -2.36. The number of ether oxygens (including phenoxy) is 3. The van der Waals surface area contributed by atoms with Gasteiger partial charge in [-0.25, -0.2) is 13.5 Å². The summed E-state index contributed by atoms with van der Waals surface area (Å²) in [5.74, 6) is -2.52. The first kappa shape index (κ1) is 29.5. The van der Waals surface area contributed by atoms with Gasteiger partial charge in [0.2, 0.25) is 0 Å². The van der Waals surface area contributed by atoms with Gasteiger partial charge in [0.05, 0.1) is 43.0 Å². The van der Waals surface area contributed by atoms with Crippen LogP contribution < -0.4 is 15.0 Å². The van der Waals surface area contributed by atoms with E-state index in [9.17, 15) is 13.6 Å². The third kappa shape index (κ3) is 6.26. The van der Waals surface area contributed by atoms with Gasteiger partial charge in [0, 0.05) is 46.0 Å². The average Bonchev–Trinajstić information content (AvgIpc) is 3.50. The van der Waals surface area contributed by atoms with Gasteiger partial charge in [-0.3, -0.25) is 4.79 Å². The smallest absolute Gasteiger partial charge is 0.273 e. The zero-order valence-electron chi connectivity index (χ0n) is 24.6. The molecule has 2 aliphatic rings. The van der Waals surface area contributed by atoms with Crippen molar-refractivity contribution in [2.45, 2.75) is 64.1 Å². The number of rotatable bonds is 10. The molecule has 0 spiro atoms. The van der Waals surface area contributed by atoms with Crippen molar-refractivity contribution in [3.05, 3.63) is 52.7 Å². The van der Waals surface area contributed by atoms with Gasteiger partial charge in [-0.05, 0) is 36.6 Å². The summed E-state index contributed by atoms with van der Waals surface area (Å²) in [6.07, 6.45) is 1.94. The maximum atomic E-state index is 14.4. The van der Waals surface area contributed by atoms with Crippen molar-refractivity contribution in [1.82, 2.24) is 15.1 Å². The van der Waals surface area contributed by atoms with E-state index in [2.05, 4.69) is 29.9 Å². The van der Waals surface area contributed by atoms with Crippen molar-refractivity contribution >= 4 is 30.6 Å². The normalized spacial score (nSPS) is 17.5. The van der Waals surface area contributed by atoms with Crippen molar-refractivity contribution in [2.75, 3.05) is 44.9 Å². The first-order valence-electron chi connectivity index (χ1n) is 14.3. The second kappa shape index (κ2) is 11.7. The van der Waals surface area contributed by atoms with Crippen molar-refractivity contribution in [2.24, 2.45) is 0 Å². The van der Waals surface area contributed by atoms with Crippen LogP contribution in [0.5, 0.6) is 5.75 Å². The number of hydrogen-bond donors (Lipinski definition) is 1. The molecule has 1 N–H and O–H groups in total. The molecular weight excluding hydrogens is 546 g/mol. The number of alkyl halides is 2. The molecular formula is C30H40F2N4O4Si. The Bertz CT molecular complexity index is 1420. The Kier molecular flexibility index (Phi) is 8.40. The number of nitrogens with one attached hydrogen (secondary N) is 1. The molecule has 1 amide bonds. The van der Waals surface area contributed by atoms with E-state index in [4.69, 9.17) is 19.3 Å². The van der Waals surface area contributed by atoms with Gasteiger partial charge < -0.3 is 24.4 Å². The second-order valence-corrected chi connectivity index (χ2v) is 17.7. The molecule has 0 bridgehead atoms. The van der Waals surface area contributed by atoms with Crippen molar-refractivity contribution in [3.8, 4) is 5.75 Å². The highest BCUT2D eigenvalue weighted by Crippen LogP contribution is 2.44. The zero-order chi connectivity index (χ0) is 29.4. The number of amides is 1. The molecule has 8 nitrogen and oxygen atoms in total. The highest BCUT2D eigenvalue weighted by molar-refractivity contribution is 6.76. The van der Waals surface area contributed by atoms with E-state index in [-0.39, 0.29) is 31.0 Å². The fourth-order valence-corrected chi connectivity index (χ4v) is 6.38. The quantitative estimate of drug-likeness (QED) is 0.242. The molecule has 222 valence electrons. The van der Waals surface area contributed by atoms with Gasteiger partial charge >= 0.3 is 0 Å². The van der Waals surface area contributed by atoms with Gasteiger partial charge in [0.15, 0.2) is 5.75 Å². The summed E-state index contributed by atoms with van der Waals surface area (Å²) in [6.45, 7) is 12.1. The van der Waals surface area contributed by atoms with Crippen LogP contribution in [0.15, 0.2) is 30.5 Å². The van der Waals surface area contributed by atoms with E-state index in [0.717, 1.165) is 11.7 Å². The van der Waals surface area contributed by atoms with Crippen LogP contribution in [0.25, 0.3) is 10.9 Å². The van der Waals surface area contributed by atoms with E-state index < -0.39 is 20.0 Å². The molecule has 5 rings (SSSR count). The molecule has 41 heavy (non-hydrogen) atoms. The van der Waals surface area contributed by atoms with E-state index in [0.29, 0.717) is 66.3 Å². The molecule has 1 aliphatic carbocycles. The van der Waals surface area contributed by atoms with Crippen molar-refractivity contribution in [3.63, 3.8) is 0 Å². The largest absolute Gasteiger partial charge is 0.494 e. The highest BCUT2D eigenvalue weighted by Gasteiger charge is 2.40. The second-order valence-electron chi connectivity index (χ2n) is 12.1. The predicted molar refractivity (Wildman–Crippen MR) is 158 cm³/mol. The number of halogens is 2. The number of aromatic nitrogens is 2. The summed E-state index contributed by atoms with van der Waals surface area (Å²) < 4.78 is 47.9. The fraction of sp³-hybridized carbons (Fsp3) is 0.533. The van der Waals surface area contributed by atoms with Crippen LogP contribution in [0.4, 0.5) is 14.5 Å². The Hall–Kier alpha value is -3.02. The van der Waals surface area contributed by atoms with E-state index in [1.165, 1.54) is 6.07 Å². The molecule has 1 aromatic heterocycles. The Labute approximate surface area is 240 Å². The highest BCUT2D eigenvalue weighted by atomic mass is 28.3. The third-order valence-corrected chi connectivity index (χ3v) is 9.61. The average molecular weight is 587 g/mol. The van der Waals surface area contributed by atoms with Crippen molar-refractivity contribution < 1.29 is 27.8 Å². The fourth-order valence-electron chi connectivity index (χ4n) is 5.63. The van der Waals surface area contributed by atoms with Gasteiger partial charge in [0.1, 0.15) is 12.2 Å². The Morgan fingerprint density at radius 3 is 2.71 bits per heavy atom. The lowest BCUT2D eigenvalue weighted by atomic mass is 9.97. The number of benzene rings is 2. The lowest BCUT2D eigenvalue weighted by Gasteiger charge is -2.30. The van der Waals surface area contributed by atoms with Crippen LogP contribution in [0.2, 0.25) is 25.7 Å². The number of nitrogens with zero attached hydrogens (tertiary/aromatic N) is 3. The molecule has 1 saturated heterocycles. The standard InChI is InChI=1S/C30H40F2N4O4Si/c1-20(21-7-6-8-25-22(21)9-10-30(25,31)32)33-29(37)23-17-26(35-11-13-39-14-12-35)28(38-2)24-18-36(34-27(23)24)19-40-15-16-41(3,4)5/h6-8,17-18,20H,9-16,19H2,1-5H3,(H,33,37)/t20-/m1/s1. The summed E-state index contributed by atoms with van der Waals surface area (Å²) >= 11 is 0. The van der Waals surface area contributed by atoms with Crippen LogP contribution in [0, 0.1) is 0 Å². The minimum atomic E-state index is -2.84. The van der Waals surface area contributed by atoms with Crippen molar-refractivity contribution in [1.29, 1.82) is 0 Å². The summed E-state index contributed by atoms with van der Waals surface area (Å²) in [6, 6.07) is 7.34. The molecule has 0 saturated carbocycles. The van der Waals surface area contributed by atoms with E-state index in [1.807, 2.05) is 25.3 Å². The molecule has 2 heterocycles. The molecule has 1 aliphatic heterocycles. The first-order chi connectivity index (χ1) is 19.5. The number of carbonyl (C=O) groups excluding carboxylic acids is 1. The number of fused-ring (bicyclic) bond motifs is 2. The summed E-state index contributed by atoms with van der Waals surface area (Å²) in [5, 5.41) is 8.51. The number of anilines is 1. The molecule has 0 radical (unpaired) electrons. The van der Waals surface area contributed by atoms with Crippen LogP contribution in [-0.4, -0.2) is 63.8 Å². The van der Waals surface area contributed by atoms with Gasteiger partial charge in [-0.1, -0.05) is 37.8 Å². The lowest BCUT2D eigenvalue weighted by molar-refractivity contribution is -0.00185. The number of carbonyl (C=O) groups is 1. The number of morpholine rings is 1. The molecule has 1 atom stereocenters. The summed E-state index contributed by atoms with van der Waals surface area (Å²) in [7, 11) is 0.383. The first-order valence-corrected chi connectivity index (χ1v) is 18.0. The zero-order valence-corrected chi connectivity index (χ0v) is 25.6. The summed E-state index contributed by atoms with van der Waals surface area (Å²) in [4.78, 5) is 16.0. The maximum Gasteiger partial charge on any atom is 0.273 e. The molecule has 0 unspecified atom stereocenters. The van der Waals surface area contributed by atoms with Crippen LogP contribution in [0.3, 0.4) is 0 Å². The molecule has 11 heteroatoms. The number of hydrogen-bond acceptors (Lipinski definition) is 6. The van der Waals surface area contributed by atoms with Crippen LogP contribution >= 0.6 is 0 Å². The third-order valence-electron chi connectivity index (χ3n) is 7.91. The minimum Gasteiger partial charge on any atom is -0.494 e. The number of methoxy groups -OCH3 is 1.